The predicted molar refractivity (Wildman–Crippen MR) is 89.6 cm³/mol. The van der Waals surface area contributed by atoms with E-state index < -0.39 is 0 Å². The molecule has 0 unspecified atom stereocenters. The SMILES string of the molecule is O=C(NC[C@@H]1CCC2(CN(Cc3ccoc3)C2)OC1)N1CCCC1. The van der Waals surface area contributed by atoms with Gasteiger partial charge in [0.05, 0.1) is 24.7 Å². The van der Waals surface area contributed by atoms with Gasteiger partial charge in [0, 0.05) is 44.8 Å². The van der Waals surface area contributed by atoms with Gasteiger partial charge in [0.2, 0.25) is 0 Å². The van der Waals surface area contributed by atoms with E-state index in [2.05, 4.69) is 10.2 Å². The first kappa shape index (κ1) is 16.0. The van der Waals surface area contributed by atoms with E-state index >= 15 is 0 Å². The van der Waals surface area contributed by atoms with Gasteiger partial charge in [-0.1, -0.05) is 0 Å². The first-order valence-corrected chi connectivity index (χ1v) is 9.13. The van der Waals surface area contributed by atoms with E-state index in [4.69, 9.17) is 9.15 Å². The second-order valence-electron chi connectivity index (χ2n) is 7.56. The van der Waals surface area contributed by atoms with E-state index in [1.165, 1.54) is 5.56 Å². The second kappa shape index (κ2) is 6.76. The van der Waals surface area contributed by atoms with Crippen LogP contribution in [0, 0.1) is 5.92 Å². The number of urea groups is 1. The zero-order valence-electron chi connectivity index (χ0n) is 14.2. The third-order valence-corrected chi connectivity index (χ3v) is 5.58. The average Bonchev–Trinajstić information content (AvgIpc) is 3.26. The molecule has 6 nitrogen and oxygen atoms in total. The number of hydrogen-bond acceptors (Lipinski definition) is 4. The fraction of sp³-hybridized carbons (Fsp3) is 0.722. The van der Waals surface area contributed by atoms with Gasteiger partial charge in [-0.05, 0) is 37.7 Å². The third-order valence-electron chi connectivity index (χ3n) is 5.58. The van der Waals surface area contributed by atoms with E-state index in [0.717, 1.165) is 71.6 Å². The molecule has 0 aliphatic carbocycles. The molecule has 0 aromatic carbocycles. The van der Waals surface area contributed by atoms with Crippen molar-refractivity contribution >= 4 is 6.03 Å². The molecule has 1 aromatic rings. The fourth-order valence-corrected chi connectivity index (χ4v) is 4.11. The Morgan fingerprint density at radius 3 is 2.83 bits per heavy atom. The molecular weight excluding hydrogens is 306 g/mol. The number of hydrogen-bond donors (Lipinski definition) is 1. The number of nitrogens with zero attached hydrogens (tertiary/aromatic N) is 2. The summed E-state index contributed by atoms with van der Waals surface area (Å²) in [6, 6.07) is 2.12. The molecule has 1 N–H and O–H groups in total. The number of ether oxygens (including phenoxy) is 1. The van der Waals surface area contributed by atoms with Crippen molar-refractivity contribution in [3.05, 3.63) is 24.2 Å². The van der Waals surface area contributed by atoms with Gasteiger partial charge in [-0.15, -0.1) is 0 Å². The molecule has 132 valence electrons. The summed E-state index contributed by atoms with van der Waals surface area (Å²) in [5, 5.41) is 3.08. The van der Waals surface area contributed by atoms with Crippen molar-refractivity contribution in [3.63, 3.8) is 0 Å². The van der Waals surface area contributed by atoms with Crippen LogP contribution < -0.4 is 5.32 Å². The third kappa shape index (κ3) is 3.44. The second-order valence-corrected chi connectivity index (χ2v) is 7.56. The Balaban J connectivity index is 1.16. The first-order valence-electron chi connectivity index (χ1n) is 9.13. The highest BCUT2D eigenvalue weighted by molar-refractivity contribution is 5.74. The minimum atomic E-state index is 0.0548. The molecule has 1 spiro atoms. The van der Waals surface area contributed by atoms with Gasteiger partial charge in [0.25, 0.3) is 0 Å². The number of furan rings is 1. The highest BCUT2D eigenvalue weighted by Crippen LogP contribution is 2.36. The van der Waals surface area contributed by atoms with E-state index in [-0.39, 0.29) is 11.6 Å². The van der Waals surface area contributed by atoms with Gasteiger partial charge in [0.1, 0.15) is 0 Å². The molecule has 2 amide bonds. The van der Waals surface area contributed by atoms with Crippen molar-refractivity contribution in [2.75, 3.05) is 39.3 Å². The Morgan fingerprint density at radius 2 is 2.17 bits per heavy atom. The molecule has 4 rings (SSSR count). The molecular formula is C18H27N3O3. The summed E-state index contributed by atoms with van der Waals surface area (Å²) < 4.78 is 11.3. The standard InChI is InChI=1S/C18H27N3O3/c22-17(21-6-1-2-7-21)19-9-15-3-5-18(24-12-15)13-20(14-18)10-16-4-8-23-11-16/h4,8,11,15H,1-3,5-7,9-10,12-14H2,(H,19,22)/t15-/m0/s1. The van der Waals surface area contributed by atoms with Crippen LogP contribution in [0.3, 0.4) is 0 Å². The number of rotatable bonds is 4. The summed E-state index contributed by atoms with van der Waals surface area (Å²) in [5.74, 6) is 0.449. The zero-order chi connectivity index (χ0) is 16.4. The summed E-state index contributed by atoms with van der Waals surface area (Å²) in [5.41, 5.74) is 1.28. The molecule has 3 aliphatic heterocycles. The van der Waals surface area contributed by atoms with E-state index in [1.54, 1.807) is 6.26 Å². The van der Waals surface area contributed by atoms with Crippen molar-refractivity contribution in [1.29, 1.82) is 0 Å². The van der Waals surface area contributed by atoms with E-state index in [9.17, 15) is 4.79 Å². The van der Waals surface area contributed by atoms with Gasteiger partial charge in [-0.2, -0.15) is 0 Å². The molecule has 3 aliphatic rings. The predicted octanol–water partition coefficient (Wildman–Crippen LogP) is 2.07. The monoisotopic (exact) mass is 333 g/mol. The largest absolute Gasteiger partial charge is 0.472 e. The summed E-state index contributed by atoms with van der Waals surface area (Å²) in [6.45, 7) is 6.27. The Morgan fingerprint density at radius 1 is 1.33 bits per heavy atom. The molecule has 24 heavy (non-hydrogen) atoms. The molecule has 1 atom stereocenters. The maximum absolute atomic E-state index is 12.0. The normalized spacial score (nSPS) is 26.5. The lowest BCUT2D eigenvalue weighted by molar-refractivity contribution is -0.181. The topological polar surface area (TPSA) is 58.0 Å². The van der Waals surface area contributed by atoms with Gasteiger partial charge in [0.15, 0.2) is 0 Å². The Hall–Kier alpha value is -1.53. The van der Waals surface area contributed by atoms with Crippen LogP contribution in [0.5, 0.6) is 0 Å². The summed E-state index contributed by atoms with van der Waals surface area (Å²) in [4.78, 5) is 16.4. The summed E-state index contributed by atoms with van der Waals surface area (Å²) in [7, 11) is 0. The Labute approximate surface area is 143 Å². The van der Waals surface area contributed by atoms with Crippen LogP contribution in [0.4, 0.5) is 4.79 Å². The van der Waals surface area contributed by atoms with Gasteiger partial charge < -0.3 is 19.4 Å². The fourth-order valence-electron chi connectivity index (χ4n) is 4.11. The molecule has 3 fully saturated rings. The molecule has 1 aromatic heterocycles. The van der Waals surface area contributed by atoms with Gasteiger partial charge in [-0.25, -0.2) is 4.79 Å². The first-order chi connectivity index (χ1) is 11.7. The molecule has 0 bridgehead atoms. The number of carbonyl (C=O) groups is 1. The number of likely N-dealkylation sites (tertiary alicyclic amines) is 2. The molecule has 4 heterocycles. The van der Waals surface area contributed by atoms with E-state index in [0.29, 0.717) is 5.92 Å². The van der Waals surface area contributed by atoms with Gasteiger partial charge >= 0.3 is 6.03 Å². The van der Waals surface area contributed by atoms with Gasteiger partial charge in [-0.3, -0.25) is 4.90 Å². The smallest absolute Gasteiger partial charge is 0.317 e. The van der Waals surface area contributed by atoms with Crippen molar-refractivity contribution in [3.8, 4) is 0 Å². The number of nitrogens with one attached hydrogen (secondary N) is 1. The minimum Gasteiger partial charge on any atom is -0.472 e. The van der Waals surface area contributed by atoms with Crippen LogP contribution in [-0.4, -0.2) is 60.8 Å². The lowest BCUT2D eigenvalue weighted by atomic mass is 9.83. The summed E-state index contributed by atoms with van der Waals surface area (Å²) in [6.07, 6.45) is 8.05. The van der Waals surface area contributed by atoms with Crippen LogP contribution in [0.25, 0.3) is 0 Å². The maximum atomic E-state index is 12.0. The molecule has 6 heteroatoms. The minimum absolute atomic E-state index is 0.0548. The summed E-state index contributed by atoms with van der Waals surface area (Å²) >= 11 is 0. The van der Waals surface area contributed by atoms with Crippen LogP contribution in [0.2, 0.25) is 0 Å². The van der Waals surface area contributed by atoms with Crippen molar-refractivity contribution in [2.24, 2.45) is 5.92 Å². The zero-order valence-corrected chi connectivity index (χ0v) is 14.2. The van der Waals surface area contributed by atoms with Crippen LogP contribution in [-0.2, 0) is 11.3 Å². The average molecular weight is 333 g/mol. The molecule has 0 radical (unpaired) electrons. The van der Waals surface area contributed by atoms with Crippen LogP contribution in [0.1, 0.15) is 31.2 Å². The highest BCUT2D eigenvalue weighted by atomic mass is 16.5. The highest BCUT2D eigenvalue weighted by Gasteiger charge is 2.46. The molecule has 3 saturated heterocycles. The Kier molecular flexibility index (Phi) is 4.50. The lowest BCUT2D eigenvalue weighted by Gasteiger charge is -2.53. The lowest BCUT2D eigenvalue weighted by Crippen LogP contribution is -2.64. The molecule has 0 saturated carbocycles. The quantitative estimate of drug-likeness (QED) is 0.916. The number of carbonyl (C=O) groups excluding carboxylic acids is 1. The number of amides is 2. The Bertz CT molecular complexity index is 538. The van der Waals surface area contributed by atoms with E-state index in [1.807, 2.05) is 17.2 Å². The van der Waals surface area contributed by atoms with Crippen molar-refractivity contribution in [1.82, 2.24) is 15.1 Å². The van der Waals surface area contributed by atoms with Crippen LogP contribution in [0.15, 0.2) is 23.0 Å². The van der Waals surface area contributed by atoms with Crippen LogP contribution >= 0.6 is 0 Å². The van der Waals surface area contributed by atoms with Crippen molar-refractivity contribution < 1.29 is 13.9 Å². The van der Waals surface area contributed by atoms with Crippen molar-refractivity contribution in [2.45, 2.75) is 37.8 Å². The maximum Gasteiger partial charge on any atom is 0.317 e.